The number of anilines is 1. The lowest BCUT2D eigenvalue weighted by molar-refractivity contribution is -0.173. The summed E-state index contributed by atoms with van der Waals surface area (Å²) in [5.74, 6) is -1.43. The number of methoxy groups -OCH3 is 2. The van der Waals surface area contributed by atoms with Gasteiger partial charge in [-0.15, -0.1) is 0 Å². The number of benzene rings is 3. The highest BCUT2D eigenvalue weighted by atomic mass is 16.7. The van der Waals surface area contributed by atoms with Crippen LogP contribution in [0.5, 0.6) is 0 Å². The SMILES string of the molecule is COC(=O)C1(C(=O)OC)/C(=C/c2ccccc2)CON(c2ccccc2)C1c1ccccc1. The van der Waals surface area contributed by atoms with Gasteiger partial charge in [-0.2, -0.15) is 0 Å². The lowest BCUT2D eigenvalue weighted by Crippen LogP contribution is -2.57. The van der Waals surface area contributed by atoms with Crippen molar-refractivity contribution in [2.24, 2.45) is 5.41 Å². The van der Waals surface area contributed by atoms with Gasteiger partial charge in [0.15, 0.2) is 0 Å². The van der Waals surface area contributed by atoms with E-state index in [0.717, 1.165) is 5.56 Å². The van der Waals surface area contributed by atoms with E-state index in [4.69, 9.17) is 14.3 Å². The van der Waals surface area contributed by atoms with Crippen LogP contribution < -0.4 is 5.06 Å². The number of hydrogen-bond acceptors (Lipinski definition) is 6. The summed E-state index contributed by atoms with van der Waals surface area (Å²) in [6.07, 6.45) is 1.80. The van der Waals surface area contributed by atoms with E-state index in [1.54, 1.807) is 11.1 Å². The van der Waals surface area contributed by atoms with Crippen LogP contribution in [0.2, 0.25) is 0 Å². The normalized spacial score (nSPS) is 18.5. The van der Waals surface area contributed by atoms with Gasteiger partial charge in [0.05, 0.1) is 26.5 Å². The van der Waals surface area contributed by atoms with Crippen LogP contribution in [0.25, 0.3) is 6.08 Å². The molecule has 1 heterocycles. The fraction of sp³-hybridized carbons (Fsp3) is 0.185. The van der Waals surface area contributed by atoms with Crippen molar-refractivity contribution in [2.45, 2.75) is 6.04 Å². The van der Waals surface area contributed by atoms with E-state index in [0.29, 0.717) is 16.8 Å². The Kier molecular flexibility index (Phi) is 6.56. The number of esters is 2. The van der Waals surface area contributed by atoms with Crippen molar-refractivity contribution in [2.75, 3.05) is 25.9 Å². The van der Waals surface area contributed by atoms with Crippen molar-refractivity contribution in [3.63, 3.8) is 0 Å². The minimum Gasteiger partial charge on any atom is -0.468 e. The highest BCUT2D eigenvalue weighted by Crippen LogP contribution is 2.51. The van der Waals surface area contributed by atoms with Gasteiger partial charge < -0.3 is 9.47 Å². The standard InChI is InChI=1S/C27H25NO5/c1-31-25(29)27(26(30)32-2)22(18-20-12-6-3-7-13-20)19-33-28(23-16-10-5-11-17-23)24(27)21-14-8-4-9-15-21/h3-18,24H,19H2,1-2H3/b22-18+. The molecule has 1 saturated heterocycles. The Balaban J connectivity index is 2.02. The molecular formula is C27H25NO5. The molecule has 168 valence electrons. The third-order valence-electron chi connectivity index (χ3n) is 5.79. The maximum atomic E-state index is 13.6. The number of carbonyl (C=O) groups excluding carboxylic acids is 2. The van der Waals surface area contributed by atoms with E-state index in [1.807, 2.05) is 91.0 Å². The van der Waals surface area contributed by atoms with Crippen LogP contribution >= 0.6 is 0 Å². The Morgan fingerprint density at radius 3 is 1.91 bits per heavy atom. The Labute approximate surface area is 193 Å². The largest absolute Gasteiger partial charge is 0.468 e. The molecule has 6 nitrogen and oxygen atoms in total. The van der Waals surface area contributed by atoms with Gasteiger partial charge in [-0.05, 0) is 28.8 Å². The van der Waals surface area contributed by atoms with Crippen LogP contribution in [0.15, 0.2) is 96.6 Å². The summed E-state index contributed by atoms with van der Waals surface area (Å²) < 4.78 is 10.5. The maximum Gasteiger partial charge on any atom is 0.330 e. The first kappa shape index (κ1) is 22.3. The second kappa shape index (κ2) is 9.71. The van der Waals surface area contributed by atoms with Crippen LogP contribution in [0.4, 0.5) is 5.69 Å². The van der Waals surface area contributed by atoms with Crippen molar-refractivity contribution < 1.29 is 23.9 Å². The molecule has 1 fully saturated rings. The lowest BCUT2D eigenvalue weighted by Gasteiger charge is -2.47. The number of hydroxylamine groups is 1. The van der Waals surface area contributed by atoms with E-state index in [2.05, 4.69) is 0 Å². The molecule has 0 aromatic heterocycles. The molecule has 1 aliphatic rings. The smallest absolute Gasteiger partial charge is 0.330 e. The molecule has 0 aliphatic carbocycles. The fourth-order valence-electron chi connectivity index (χ4n) is 4.29. The van der Waals surface area contributed by atoms with Crippen LogP contribution in [0.3, 0.4) is 0 Å². The summed E-state index contributed by atoms with van der Waals surface area (Å²) in [6.45, 7) is -0.00266. The molecule has 0 radical (unpaired) electrons. The van der Waals surface area contributed by atoms with E-state index >= 15 is 0 Å². The van der Waals surface area contributed by atoms with E-state index in [9.17, 15) is 9.59 Å². The molecule has 0 saturated carbocycles. The van der Waals surface area contributed by atoms with Gasteiger partial charge in [0, 0.05) is 0 Å². The predicted molar refractivity (Wildman–Crippen MR) is 125 cm³/mol. The van der Waals surface area contributed by atoms with Crippen LogP contribution in [-0.2, 0) is 23.9 Å². The molecule has 1 unspecified atom stereocenters. The van der Waals surface area contributed by atoms with Crippen molar-refractivity contribution in [1.29, 1.82) is 0 Å². The molecule has 1 atom stereocenters. The minimum atomic E-state index is -1.80. The Bertz CT molecular complexity index is 1110. The van der Waals surface area contributed by atoms with Gasteiger partial charge in [-0.1, -0.05) is 84.9 Å². The van der Waals surface area contributed by atoms with Crippen LogP contribution in [0.1, 0.15) is 17.2 Å². The molecule has 0 bridgehead atoms. The van der Waals surface area contributed by atoms with Crippen LogP contribution in [-0.4, -0.2) is 32.8 Å². The first-order chi connectivity index (χ1) is 16.1. The zero-order chi connectivity index (χ0) is 23.3. The van der Waals surface area contributed by atoms with Crippen molar-refractivity contribution in [3.8, 4) is 0 Å². The highest BCUT2D eigenvalue weighted by Gasteiger charge is 2.62. The number of rotatable bonds is 5. The predicted octanol–water partition coefficient (Wildman–Crippen LogP) is 4.60. The average Bonchev–Trinajstić information content (AvgIpc) is 2.89. The van der Waals surface area contributed by atoms with E-state index in [-0.39, 0.29) is 6.61 Å². The fourth-order valence-corrected chi connectivity index (χ4v) is 4.29. The van der Waals surface area contributed by atoms with Crippen molar-refractivity contribution in [3.05, 3.63) is 108 Å². The zero-order valence-electron chi connectivity index (χ0n) is 18.5. The van der Waals surface area contributed by atoms with Crippen molar-refractivity contribution >= 4 is 23.7 Å². The second-order valence-corrected chi connectivity index (χ2v) is 7.62. The van der Waals surface area contributed by atoms with E-state index < -0.39 is 23.4 Å². The highest BCUT2D eigenvalue weighted by molar-refractivity contribution is 6.06. The van der Waals surface area contributed by atoms with Gasteiger partial charge in [0.2, 0.25) is 5.41 Å². The first-order valence-corrected chi connectivity index (χ1v) is 10.6. The number of hydrogen-bond donors (Lipinski definition) is 0. The topological polar surface area (TPSA) is 65.1 Å². The minimum absolute atomic E-state index is 0.00266. The Morgan fingerprint density at radius 2 is 1.36 bits per heavy atom. The van der Waals surface area contributed by atoms with Gasteiger partial charge in [-0.3, -0.25) is 14.4 Å². The Morgan fingerprint density at radius 1 is 0.848 bits per heavy atom. The molecule has 33 heavy (non-hydrogen) atoms. The van der Waals surface area contributed by atoms with Crippen molar-refractivity contribution in [1.82, 2.24) is 0 Å². The third kappa shape index (κ3) is 4.01. The molecule has 3 aromatic rings. The van der Waals surface area contributed by atoms with Gasteiger partial charge in [0.25, 0.3) is 0 Å². The monoisotopic (exact) mass is 443 g/mol. The number of nitrogens with zero attached hydrogens (tertiary/aromatic N) is 1. The molecule has 4 rings (SSSR count). The molecular weight excluding hydrogens is 418 g/mol. The summed E-state index contributed by atoms with van der Waals surface area (Å²) in [4.78, 5) is 33.4. The number of ether oxygens (including phenoxy) is 2. The summed E-state index contributed by atoms with van der Waals surface area (Å²) in [5, 5.41) is 1.60. The third-order valence-corrected chi connectivity index (χ3v) is 5.79. The maximum absolute atomic E-state index is 13.6. The molecule has 6 heteroatoms. The average molecular weight is 443 g/mol. The molecule has 0 N–H and O–H groups in total. The lowest BCUT2D eigenvalue weighted by atomic mass is 9.69. The molecule has 0 amide bonds. The second-order valence-electron chi connectivity index (χ2n) is 7.62. The summed E-state index contributed by atoms with van der Waals surface area (Å²) in [6, 6.07) is 27.2. The summed E-state index contributed by atoms with van der Waals surface area (Å²) in [5.41, 5.74) is 0.884. The quantitative estimate of drug-likeness (QED) is 0.424. The molecule has 1 aliphatic heterocycles. The zero-order valence-corrected chi connectivity index (χ0v) is 18.5. The van der Waals surface area contributed by atoms with Gasteiger partial charge in [-0.25, -0.2) is 5.06 Å². The Hall–Kier alpha value is -3.90. The first-order valence-electron chi connectivity index (χ1n) is 10.6. The van der Waals surface area contributed by atoms with Gasteiger partial charge in [0.1, 0.15) is 6.04 Å². The van der Waals surface area contributed by atoms with Crippen LogP contribution in [0, 0.1) is 5.41 Å². The van der Waals surface area contributed by atoms with E-state index in [1.165, 1.54) is 14.2 Å². The summed E-state index contributed by atoms with van der Waals surface area (Å²) in [7, 11) is 2.55. The van der Waals surface area contributed by atoms with Gasteiger partial charge >= 0.3 is 11.9 Å². The number of para-hydroxylation sites is 1. The molecule has 3 aromatic carbocycles. The molecule has 0 spiro atoms. The number of carbonyl (C=O) groups is 2. The summed E-state index contributed by atoms with van der Waals surface area (Å²) >= 11 is 0.